The number of hydrogen-bond donors (Lipinski definition) is 1. The van der Waals surface area contributed by atoms with Crippen molar-refractivity contribution in [3.8, 4) is 0 Å². The van der Waals surface area contributed by atoms with Gasteiger partial charge in [0.2, 0.25) is 6.79 Å². The largest absolute Gasteiger partial charge is 0.598 e. The van der Waals surface area contributed by atoms with Crippen LogP contribution in [0, 0.1) is 10.8 Å². The minimum absolute atomic E-state index is 0.0473. The van der Waals surface area contributed by atoms with Crippen LogP contribution in [0.5, 0.6) is 0 Å². The van der Waals surface area contributed by atoms with Crippen LogP contribution in [-0.2, 0) is 34.9 Å². The van der Waals surface area contributed by atoms with E-state index in [1.54, 1.807) is 46.1 Å². The fourth-order valence-corrected chi connectivity index (χ4v) is 2.65. The molecule has 1 unspecified atom stereocenters. The third-order valence-corrected chi connectivity index (χ3v) is 4.76. The summed E-state index contributed by atoms with van der Waals surface area (Å²) in [6, 6.07) is 0. The van der Waals surface area contributed by atoms with Crippen LogP contribution in [0.4, 0.5) is 5.82 Å². The van der Waals surface area contributed by atoms with Gasteiger partial charge in [0.25, 0.3) is 0 Å². The SMILES string of the molecule is CC(C)(C)C(=O)OCO/[P+]([O-])=C(\OCCn1cnc2c(N)ncnc21)OC(=O)C(C)(C)C. The van der Waals surface area contributed by atoms with E-state index < -0.39 is 43.2 Å². The van der Waals surface area contributed by atoms with Gasteiger partial charge in [-0.1, -0.05) is 0 Å². The Labute approximate surface area is 186 Å². The third kappa shape index (κ3) is 6.92. The van der Waals surface area contributed by atoms with Gasteiger partial charge in [-0.05, 0) is 41.5 Å². The summed E-state index contributed by atoms with van der Waals surface area (Å²) in [6.45, 7) is 9.49. The van der Waals surface area contributed by atoms with Gasteiger partial charge in [0.1, 0.15) is 11.8 Å². The maximum absolute atomic E-state index is 12.5. The first-order valence-corrected chi connectivity index (χ1v) is 10.9. The molecule has 12 nitrogen and oxygen atoms in total. The summed E-state index contributed by atoms with van der Waals surface area (Å²) < 4.78 is 22.2. The van der Waals surface area contributed by atoms with Gasteiger partial charge in [0.05, 0.1) is 23.8 Å². The summed E-state index contributed by atoms with van der Waals surface area (Å²) in [5.41, 5.74) is 4.54. The van der Waals surface area contributed by atoms with E-state index in [-0.39, 0.29) is 19.0 Å². The molecule has 0 aliphatic carbocycles. The Morgan fingerprint density at radius 3 is 2.34 bits per heavy atom. The molecule has 2 aromatic heterocycles. The van der Waals surface area contributed by atoms with Crippen LogP contribution in [-0.4, -0.2) is 50.5 Å². The van der Waals surface area contributed by atoms with Crippen molar-refractivity contribution in [1.29, 1.82) is 0 Å². The van der Waals surface area contributed by atoms with Gasteiger partial charge in [0, 0.05) is 6.54 Å². The fourth-order valence-electron chi connectivity index (χ4n) is 2.04. The van der Waals surface area contributed by atoms with Gasteiger partial charge in [-0.2, -0.15) is 0 Å². The molecular formula is C19H28N5O7P. The van der Waals surface area contributed by atoms with E-state index in [9.17, 15) is 14.5 Å². The van der Waals surface area contributed by atoms with Gasteiger partial charge >= 0.3 is 25.6 Å². The average molecular weight is 469 g/mol. The molecule has 176 valence electrons. The number of aromatic nitrogens is 4. The predicted octanol–water partition coefficient (Wildman–Crippen LogP) is 1.34. The number of carbonyl (C=O) groups excluding carboxylic acids is 2. The summed E-state index contributed by atoms with van der Waals surface area (Å²) in [5.74, 6) is -0.967. The highest BCUT2D eigenvalue weighted by Crippen LogP contribution is 2.23. The molecule has 2 heterocycles. The number of carbonyl (C=O) groups is 2. The standard InChI is InChI=1S/C19H28N5O7P/c1-18(2,3)15(25)29-11-30-32(27)17(31-16(26)19(4,5)6)28-8-7-24-10-23-12-13(20)21-9-22-14(12)24/h9-10H,7-8,11H2,1-6H3,(H2,20,21,22). The van der Waals surface area contributed by atoms with Crippen LogP contribution in [0.25, 0.3) is 11.2 Å². The Hall–Kier alpha value is -2.66. The molecule has 2 N–H and O–H groups in total. The molecule has 2 aromatic rings. The van der Waals surface area contributed by atoms with Gasteiger partial charge in [-0.3, -0.25) is 14.3 Å². The maximum atomic E-state index is 12.5. The summed E-state index contributed by atoms with van der Waals surface area (Å²) in [7, 11) is -2.75. The topological polar surface area (TPSA) is 164 Å². The number of anilines is 1. The average Bonchev–Trinajstić information content (AvgIpc) is 3.10. The Morgan fingerprint density at radius 1 is 1.06 bits per heavy atom. The summed E-state index contributed by atoms with van der Waals surface area (Å²) in [6.07, 6.45) is 2.81. The molecule has 0 spiro atoms. The number of rotatable bonds is 8. The van der Waals surface area contributed by atoms with Crippen LogP contribution in [0.2, 0.25) is 0 Å². The first kappa shape index (κ1) is 25.6. The van der Waals surface area contributed by atoms with Crippen LogP contribution in [0.15, 0.2) is 12.7 Å². The molecule has 0 amide bonds. The Kier molecular flexibility index (Phi) is 8.24. The number of imidazole rings is 1. The number of nitrogens with two attached hydrogens (primary N) is 1. The van der Waals surface area contributed by atoms with E-state index in [0.29, 0.717) is 11.2 Å². The zero-order valence-corrected chi connectivity index (χ0v) is 19.8. The zero-order chi connectivity index (χ0) is 24.1. The van der Waals surface area contributed by atoms with Gasteiger partial charge in [-0.15, -0.1) is 4.52 Å². The zero-order valence-electron chi connectivity index (χ0n) is 18.9. The van der Waals surface area contributed by atoms with E-state index in [2.05, 4.69) is 15.0 Å². The number of nitrogen functional groups attached to an aromatic ring is 1. The number of fused-ring (bicyclic) bond motifs is 1. The molecule has 32 heavy (non-hydrogen) atoms. The minimum atomic E-state index is -2.75. The van der Waals surface area contributed by atoms with E-state index in [0.717, 1.165) is 0 Å². The molecule has 0 saturated heterocycles. The molecule has 0 radical (unpaired) electrons. The summed E-state index contributed by atoms with van der Waals surface area (Å²) in [5, 5.41) is 0. The third-order valence-electron chi connectivity index (χ3n) is 3.90. The highest BCUT2D eigenvalue weighted by atomic mass is 31.1. The fraction of sp³-hybridized carbons (Fsp3) is 0.579. The Morgan fingerprint density at radius 2 is 1.72 bits per heavy atom. The van der Waals surface area contributed by atoms with Crippen molar-refractivity contribution >= 4 is 42.6 Å². The van der Waals surface area contributed by atoms with Crippen molar-refractivity contribution in [2.45, 2.75) is 48.1 Å². The molecule has 0 bridgehead atoms. The first-order valence-electron chi connectivity index (χ1n) is 9.71. The number of hydrogen-bond acceptors (Lipinski definition) is 11. The Balaban J connectivity index is 2.08. The normalized spacial score (nSPS) is 13.1. The second-order valence-electron chi connectivity index (χ2n) is 8.81. The van der Waals surface area contributed by atoms with E-state index in [1.165, 1.54) is 12.7 Å². The lowest BCUT2D eigenvalue weighted by molar-refractivity contribution is -0.186. The van der Waals surface area contributed by atoms with Gasteiger partial charge in [-0.25, -0.2) is 15.0 Å². The van der Waals surface area contributed by atoms with Crippen molar-refractivity contribution in [2.24, 2.45) is 10.8 Å². The molecule has 2 rings (SSSR count). The summed E-state index contributed by atoms with van der Waals surface area (Å²) >= 11 is 0. The molecule has 0 aromatic carbocycles. The lowest BCUT2D eigenvalue weighted by atomic mass is 9.97. The maximum Gasteiger partial charge on any atom is 0.454 e. The molecule has 0 aliphatic rings. The molecule has 0 aliphatic heterocycles. The number of nitrogens with zero attached hydrogens (tertiary/aromatic N) is 4. The van der Waals surface area contributed by atoms with Crippen molar-refractivity contribution in [1.82, 2.24) is 19.5 Å². The monoisotopic (exact) mass is 469 g/mol. The van der Waals surface area contributed by atoms with Crippen LogP contribution in [0.3, 0.4) is 0 Å². The summed E-state index contributed by atoms with van der Waals surface area (Å²) in [4.78, 5) is 48.7. The number of esters is 2. The predicted molar refractivity (Wildman–Crippen MR) is 115 cm³/mol. The van der Waals surface area contributed by atoms with Crippen LogP contribution >= 0.6 is 8.00 Å². The van der Waals surface area contributed by atoms with Crippen LogP contribution < -0.4 is 10.6 Å². The van der Waals surface area contributed by atoms with Gasteiger partial charge in [0.15, 0.2) is 11.5 Å². The second kappa shape index (κ2) is 10.3. The molecule has 0 saturated carbocycles. The quantitative estimate of drug-likeness (QED) is 0.337. The van der Waals surface area contributed by atoms with E-state index in [4.69, 9.17) is 24.5 Å². The van der Waals surface area contributed by atoms with Crippen LogP contribution in [0.1, 0.15) is 41.5 Å². The highest BCUT2D eigenvalue weighted by molar-refractivity contribution is 7.45. The molecule has 0 fully saturated rings. The van der Waals surface area contributed by atoms with E-state index in [1.807, 2.05) is 0 Å². The lowest BCUT2D eigenvalue weighted by Crippen LogP contribution is -2.28. The van der Waals surface area contributed by atoms with Crippen molar-refractivity contribution < 1.29 is 33.2 Å². The molecule has 1 atom stereocenters. The minimum Gasteiger partial charge on any atom is -0.598 e. The first-order chi connectivity index (χ1) is 14.8. The second-order valence-corrected chi connectivity index (χ2v) is 9.95. The Bertz CT molecular complexity index is 1010. The number of ether oxygens (including phenoxy) is 3. The van der Waals surface area contributed by atoms with Gasteiger partial charge < -0.3 is 24.7 Å². The van der Waals surface area contributed by atoms with E-state index >= 15 is 0 Å². The smallest absolute Gasteiger partial charge is 0.454 e. The highest BCUT2D eigenvalue weighted by Gasteiger charge is 2.30. The molecule has 13 heteroatoms. The van der Waals surface area contributed by atoms with Crippen molar-refractivity contribution in [2.75, 3.05) is 19.1 Å². The lowest BCUT2D eigenvalue weighted by Gasteiger charge is -2.17. The molecular weight excluding hydrogens is 441 g/mol. The van der Waals surface area contributed by atoms with Crippen molar-refractivity contribution in [3.05, 3.63) is 12.7 Å². The van der Waals surface area contributed by atoms with Crippen molar-refractivity contribution in [3.63, 3.8) is 0 Å².